The summed E-state index contributed by atoms with van der Waals surface area (Å²) < 4.78 is 32.9. The first-order valence-corrected chi connectivity index (χ1v) is 19.0. The van der Waals surface area contributed by atoms with Crippen LogP contribution in [-0.2, 0) is 29.5 Å². The lowest BCUT2D eigenvalue weighted by Crippen LogP contribution is -2.50. The van der Waals surface area contributed by atoms with Crippen LogP contribution >= 0.6 is 0 Å². The molecule has 3 atom stereocenters. The number of alkyl halides is 1. The number of anilines is 1. The Morgan fingerprint density at radius 2 is 1.75 bits per heavy atom. The number of benzene rings is 1. The van der Waals surface area contributed by atoms with Crippen molar-refractivity contribution in [3.8, 4) is 0 Å². The van der Waals surface area contributed by atoms with Crippen LogP contribution < -0.4 is 10.6 Å². The molecule has 7 rings (SSSR count). The van der Waals surface area contributed by atoms with Gasteiger partial charge in [0.1, 0.15) is 24.0 Å². The lowest BCUT2D eigenvalue weighted by atomic mass is 9.75. The summed E-state index contributed by atoms with van der Waals surface area (Å²) in [5.41, 5.74) is 0.813. The first-order valence-electron chi connectivity index (χ1n) is 19.0. The Morgan fingerprint density at radius 1 is 1.02 bits per heavy atom. The van der Waals surface area contributed by atoms with Crippen molar-refractivity contribution in [3.63, 3.8) is 0 Å². The minimum Gasteiger partial charge on any atom is -0.444 e. The molecule has 1 spiro atoms. The number of carbonyl (C=O) groups is 4. The summed E-state index contributed by atoms with van der Waals surface area (Å²) in [5.74, 6) is -0.523. The van der Waals surface area contributed by atoms with E-state index in [-0.39, 0.29) is 41.6 Å². The number of hydrogen-bond donors (Lipinski definition) is 2. The molecule has 11 nitrogen and oxygen atoms in total. The lowest BCUT2D eigenvalue weighted by molar-refractivity contribution is -0.142. The second-order valence-electron chi connectivity index (χ2n) is 16.5. The Bertz CT molecular complexity index is 1650. The lowest BCUT2D eigenvalue weighted by Gasteiger charge is -2.38. The van der Waals surface area contributed by atoms with E-state index in [4.69, 9.17) is 14.2 Å². The van der Waals surface area contributed by atoms with Crippen molar-refractivity contribution >= 4 is 40.5 Å². The molecule has 51 heavy (non-hydrogen) atoms. The maximum absolute atomic E-state index is 14.4. The highest BCUT2D eigenvalue weighted by atomic mass is 19.1. The average molecular weight is 709 g/mol. The number of amides is 3. The molecule has 4 fully saturated rings. The zero-order valence-electron chi connectivity index (χ0n) is 30.4. The van der Waals surface area contributed by atoms with E-state index >= 15 is 0 Å². The van der Waals surface area contributed by atoms with Crippen LogP contribution in [0.25, 0.3) is 10.9 Å². The number of hydrogen-bond acceptors (Lipinski definition) is 7. The minimum atomic E-state index is -0.702. The molecule has 1 aromatic carbocycles. The third-order valence-electron chi connectivity index (χ3n) is 12.3. The number of carbonyl (C=O) groups excluding carboxylic acids is 4. The van der Waals surface area contributed by atoms with Crippen molar-refractivity contribution in [1.82, 2.24) is 14.8 Å². The van der Waals surface area contributed by atoms with Gasteiger partial charge in [0.15, 0.2) is 5.72 Å². The van der Waals surface area contributed by atoms with Crippen LogP contribution in [0.15, 0.2) is 24.3 Å². The fraction of sp³-hybridized carbons (Fsp3) is 0.692. The summed E-state index contributed by atoms with van der Waals surface area (Å²) in [6, 6.07) is 6.29. The molecule has 1 saturated heterocycles. The van der Waals surface area contributed by atoms with Gasteiger partial charge in [-0.3, -0.25) is 14.2 Å². The van der Waals surface area contributed by atoms with E-state index in [0.717, 1.165) is 62.3 Å². The fourth-order valence-corrected chi connectivity index (χ4v) is 9.56. The maximum Gasteiger partial charge on any atom is 0.407 e. The SMILES string of the molecule is CO[C@H]1CC[C@H]([C@@H]2CCN(C(=O)[C@H]3CC[C@H]([C@@H](CF)NC(=O)OC(C)(C)C)CC3)[C@@H]2C(=O)Nc2ccc3c(c2)cc2n3C3(CCC3)OC2=O)CC1. The number of esters is 1. The third-order valence-corrected chi connectivity index (χ3v) is 12.3. The van der Waals surface area contributed by atoms with Crippen LogP contribution in [0.4, 0.5) is 14.9 Å². The molecular formula is C39H53FN4O7. The molecule has 2 aromatic rings. The summed E-state index contributed by atoms with van der Waals surface area (Å²) in [5, 5.41) is 6.73. The Labute approximate surface area is 299 Å². The average Bonchev–Trinajstić information content (AvgIpc) is 3.78. The monoisotopic (exact) mass is 708 g/mol. The number of fused-ring (bicyclic) bond motifs is 4. The van der Waals surface area contributed by atoms with Crippen molar-refractivity contribution < 1.29 is 37.8 Å². The van der Waals surface area contributed by atoms with E-state index in [9.17, 15) is 23.6 Å². The summed E-state index contributed by atoms with van der Waals surface area (Å²) in [6.07, 6.45) is 9.12. The molecule has 0 unspecified atom stereocenters. The molecule has 3 heterocycles. The van der Waals surface area contributed by atoms with Gasteiger partial charge in [-0.2, -0.15) is 0 Å². The highest BCUT2D eigenvalue weighted by Gasteiger charge is 2.51. The molecule has 1 aromatic heterocycles. The number of nitrogens with zero attached hydrogens (tertiary/aromatic N) is 2. The number of nitrogens with one attached hydrogen (secondary N) is 2. The van der Waals surface area contributed by atoms with Crippen molar-refractivity contribution in [3.05, 3.63) is 30.0 Å². The van der Waals surface area contributed by atoms with Crippen LogP contribution in [0.3, 0.4) is 0 Å². The van der Waals surface area contributed by atoms with E-state index in [1.165, 1.54) is 0 Å². The molecule has 3 amide bonds. The summed E-state index contributed by atoms with van der Waals surface area (Å²) in [6.45, 7) is 5.12. The van der Waals surface area contributed by atoms with Crippen LogP contribution in [0.2, 0.25) is 0 Å². The van der Waals surface area contributed by atoms with Crippen LogP contribution in [0.1, 0.15) is 108 Å². The van der Waals surface area contributed by atoms with Crippen LogP contribution in [0.5, 0.6) is 0 Å². The van der Waals surface area contributed by atoms with Crippen molar-refractivity contribution in [2.24, 2.45) is 23.7 Å². The maximum atomic E-state index is 14.4. The molecule has 278 valence electrons. The molecule has 3 aliphatic carbocycles. The highest BCUT2D eigenvalue weighted by Crippen LogP contribution is 2.48. The van der Waals surface area contributed by atoms with E-state index in [1.807, 2.05) is 33.7 Å². The van der Waals surface area contributed by atoms with E-state index in [1.54, 1.807) is 27.9 Å². The molecule has 3 saturated carbocycles. The smallest absolute Gasteiger partial charge is 0.407 e. The quantitative estimate of drug-likeness (QED) is 0.293. The molecule has 0 bridgehead atoms. The second kappa shape index (κ2) is 14.0. The van der Waals surface area contributed by atoms with Gasteiger partial charge >= 0.3 is 12.1 Å². The normalized spacial score (nSPS) is 29.3. The number of rotatable bonds is 8. The van der Waals surface area contributed by atoms with Crippen molar-refractivity contribution in [2.45, 2.75) is 127 Å². The Morgan fingerprint density at radius 3 is 2.37 bits per heavy atom. The Kier molecular flexibility index (Phi) is 9.84. The molecule has 2 aliphatic heterocycles. The van der Waals surface area contributed by atoms with Gasteiger partial charge in [0.05, 0.1) is 17.7 Å². The fourth-order valence-electron chi connectivity index (χ4n) is 9.56. The summed E-state index contributed by atoms with van der Waals surface area (Å²) in [7, 11) is 1.75. The highest BCUT2D eigenvalue weighted by molar-refractivity contribution is 6.02. The van der Waals surface area contributed by atoms with Crippen molar-refractivity contribution in [2.75, 3.05) is 25.6 Å². The first-order chi connectivity index (χ1) is 24.4. The first kappa shape index (κ1) is 35.7. The Hall–Kier alpha value is -3.67. The van der Waals surface area contributed by atoms with Gasteiger partial charge in [-0.25, -0.2) is 14.0 Å². The molecular weight excluding hydrogens is 655 g/mol. The zero-order valence-corrected chi connectivity index (χ0v) is 30.4. The molecule has 2 N–H and O–H groups in total. The predicted octanol–water partition coefficient (Wildman–Crippen LogP) is 6.68. The van der Waals surface area contributed by atoms with Gasteiger partial charge in [-0.05, 0) is 127 Å². The molecule has 5 aliphatic rings. The van der Waals surface area contributed by atoms with E-state index in [2.05, 4.69) is 10.6 Å². The minimum absolute atomic E-state index is 0.0119. The molecule has 12 heteroatoms. The van der Waals surface area contributed by atoms with Gasteiger partial charge < -0.3 is 29.7 Å². The topological polar surface area (TPSA) is 128 Å². The third kappa shape index (κ3) is 6.97. The van der Waals surface area contributed by atoms with Gasteiger partial charge in [-0.15, -0.1) is 0 Å². The van der Waals surface area contributed by atoms with Gasteiger partial charge in [0.25, 0.3) is 0 Å². The second-order valence-corrected chi connectivity index (χ2v) is 16.5. The summed E-state index contributed by atoms with van der Waals surface area (Å²) >= 11 is 0. The number of likely N-dealkylation sites (tertiary alicyclic amines) is 1. The standard InChI is InChI=1S/C39H53FN4O7/c1-38(2,3)51-37(48)42-30(22-40)24-6-8-25(9-7-24)35(46)43-19-16-29(23-10-13-28(49-4)14-11-23)33(43)34(45)41-27-12-15-31-26(20-27)21-32-36(47)50-39(44(31)32)17-5-18-39/h12,15,20-21,23-25,28-30,33H,5-11,13-14,16-19,22H2,1-4H3,(H,41,45)(H,42,48)/t23-,24-,25-,28-,29-,30+,33-/m0/s1. The van der Waals surface area contributed by atoms with Gasteiger partial charge in [0, 0.05) is 43.5 Å². The van der Waals surface area contributed by atoms with E-state index in [0.29, 0.717) is 49.5 Å². The number of halogens is 1. The summed E-state index contributed by atoms with van der Waals surface area (Å²) in [4.78, 5) is 55.5. The predicted molar refractivity (Wildman–Crippen MR) is 189 cm³/mol. The van der Waals surface area contributed by atoms with Crippen molar-refractivity contribution in [1.29, 1.82) is 0 Å². The van der Waals surface area contributed by atoms with Gasteiger partial charge in [-0.1, -0.05) is 0 Å². The van der Waals surface area contributed by atoms with Crippen LogP contribution in [0, 0.1) is 23.7 Å². The van der Waals surface area contributed by atoms with E-state index < -0.39 is 36.2 Å². The zero-order chi connectivity index (χ0) is 36.1. The molecule has 0 radical (unpaired) electrons. The number of ether oxygens (including phenoxy) is 3. The largest absolute Gasteiger partial charge is 0.444 e. The number of aromatic nitrogens is 1. The number of alkyl carbamates (subject to hydrolysis) is 1. The Balaban J connectivity index is 1.06. The number of methoxy groups -OCH3 is 1. The van der Waals surface area contributed by atoms with Crippen LogP contribution in [-0.4, -0.2) is 77.5 Å². The van der Waals surface area contributed by atoms with Gasteiger partial charge in [0.2, 0.25) is 11.8 Å².